The van der Waals surface area contributed by atoms with Crippen LogP contribution in [0.1, 0.15) is 33.6 Å². The smallest absolute Gasteiger partial charge is 0.238 e. The molecule has 0 spiro atoms. The summed E-state index contributed by atoms with van der Waals surface area (Å²) >= 11 is 0. The molecule has 2 aliphatic rings. The molecule has 5 heteroatoms. The third kappa shape index (κ3) is 3.46. The van der Waals surface area contributed by atoms with Gasteiger partial charge in [-0.25, -0.2) is 0 Å². The quantitative estimate of drug-likeness (QED) is 0.737. The number of hydrogen-bond acceptors (Lipinski definition) is 4. The molecule has 3 N–H and O–H groups in total. The van der Waals surface area contributed by atoms with E-state index in [9.17, 15) is 4.79 Å². The number of carbonyl (C=O) groups is 1. The first-order valence-electron chi connectivity index (χ1n) is 7.45. The van der Waals surface area contributed by atoms with Crippen molar-refractivity contribution in [1.29, 1.82) is 0 Å². The summed E-state index contributed by atoms with van der Waals surface area (Å²) in [5.41, 5.74) is 4.97. The first kappa shape index (κ1) is 14.8. The van der Waals surface area contributed by atoms with E-state index in [1.54, 1.807) is 0 Å². The maximum Gasteiger partial charge on any atom is 0.238 e. The number of amides is 1. The molecule has 2 saturated heterocycles. The predicted octanol–water partition coefficient (Wildman–Crippen LogP) is 0.00840. The van der Waals surface area contributed by atoms with Crippen LogP contribution in [0.5, 0.6) is 0 Å². The van der Waals surface area contributed by atoms with Crippen LogP contribution in [0.2, 0.25) is 0 Å². The van der Waals surface area contributed by atoms with Gasteiger partial charge in [0.2, 0.25) is 5.91 Å². The molecule has 0 aromatic heterocycles. The summed E-state index contributed by atoms with van der Waals surface area (Å²) in [5, 5.41) is 3.33. The largest absolute Gasteiger partial charge is 0.368 e. The minimum Gasteiger partial charge on any atom is -0.368 e. The van der Waals surface area contributed by atoms with Gasteiger partial charge in [0, 0.05) is 38.3 Å². The Morgan fingerprint density at radius 1 is 1.42 bits per heavy atom. The van der Waals surface area contributed by atoms with Crippen LogP contribution in [0, 0.1) is 0 Å². The molecule has 0 bridgehead atoms. The van der Waals surface area contributed by atoms with Gasteiger partial charge in [0.25, 0.3) is 0 Å². The zero-order chi connectivity index (χ0) is 14.0. The van der Waals surface area contributed by atoms with Gasteiger partial charge < -0.3 is 11.1 Å². The Kier molecular flexibility index (Phi) is 4.48. The molecule has 2 aliphatic heterocycles. The number of nitrogens with two attached hydrogens (primary N) is 1. The van der Waals surface area contributed by atoms with E-state index in [4.69, 9.17) is 5.73 Å². The molecule has 0 saturated carbocycles. The van der Waals surface area contributed by atoms with Gasteiger partial charge >= 0.3 is 0 Å². The van der Waals surface area contributed by atoms with Crippen LogP contribution in [-0.4, -0.2) is 66.1 Å². The molecule has 2 unspecified atom stereocenters. The van der Waals surface area contributed by atoms with Crippen molar-refractivity contribution in [3.05, 3.63) is 0 Å². The van der Waals surface area contributed by atoms with Crippen molar-refractivity contribution in [3.63, 3.8) is 0 Å². The summed E-state index contributed by atoms with van der Waals surface area (Å²) in [4.78, 5) is 16.8. The highest BCUT2D eigenvalue weighted by atomic mass is 16.1. The van der Waals surface area contributed by atoms with Gasteiger partial charge in [-0.05, 0) is 40.2 Å². The van der Waals surface area contributed by atoms with Crippen LogP contribution in [0.3, 0.4) is 0 Å². The number of nitrogens with zero attached hydrogens (tertiary/aromatic N) is 2. The summed E-state index contributed by atoms with van der Waals surface area (Å²) in [6, 6.07) is 0.940. The van der Waals surface area contributed by atoms with Gasteiger partial charge in [-0.15, -0.1) is 0 Å². The fourth-order valence-electron chi connectivity index (χ4n) is 3.48. The fraction of sp³-hybridized carbons (Fsp3) is 0.929. The molecule has 0 radical (unpaired) electrons. The maximum absolute atomic E-state index is 11.8. The lowest BCUT2D eigenvalue weighted by atomic mass is 9.98. The van der Waals surface area contributed by atoms with Gasteiger partial charge in [0.15, 0.2) is 0 Å². The van der Waals surface area contributed by atoms with E-state index in [0.717, 1.165) is 19.6 Å². The third-order valence-electron chi connectivity index (χ3n) is 4.36. The molecule has 0 aromatic rings. The molecule has 5 nitrogen and oxygen atoms in total. The van der Waals surface area contributed by atoms with Crippen LogP contribution < -0.4 is 11.1 Å². The number of carbonyl (C=O) groups excluding carboxylic acids is 1. The van der Waals surface area contributed by atoms with Crippen LogP contribution in [0.25, 0.3) is 0 Å². The van der Waals surface area contributed by atoms with Crippen LogP contribution in [-0.2, 0) is 4.79 Å². The lowest BCUT2D eigenvalue weighted by molar-refractivity contribution is -0.125. The van der Waals surface area contributed by atoms with Gasteiger partial charge in [-0.2, -0.15) is 0 Å². The second-order valence-electron chi connectivity index (χ2n) is 6.56. The van der Waals surface area contributed by atoms with E-state index in [0.29, 0.717) is 12.6 Å². The first-order valence-corrected chi connectivity index (χ1v) is 7.45. The molecular formula is C14H28N4O. The molecule has 0 aliphatic carbocycles. The summed E-state index contributed by atoms with van der Waals surface area (Å²) < 4.78 is 0. The van der Waals surface area contributed by atoms with Gasteiger partial charge in [0.1, 0.15) is 5.54 Å². The number of hydrogen-bond donors (Lipinski definition) is 2. The van der Waals surface area contributed by atoms with Crippen molar-refractivity contribution in [2.75, 3.05) is 32.7 Å². The van der Waals surface area contributed by atoms with Crippen molar-refractivity contribution < 1.29 is 4.79 Å². The van der Waals surface area contributed by atoms with Crippen LogP contribution >= 0.6 is 0 Å². The van der Waals surface area contributed by atoms with E-state index in [-0.39, 0.29) is 11.9 Å². The summed E-state index contributed by atoms with van der Waals surface area (Å²) in [6.45, 7) is 11.2. The Morgan fingerprint density at radius 2 is 2.16 bits per heavy atom. The monoisotopic (exact) mass is 268 g/mol. The average molecular weight is 268 g/mol. The maximum atomic E-state index is 11.8. The molecule has 2 atom stereocenters. The molecule has 19 heavy (non-hydrogen) atoms. The van der Waals surface area contributed by atoms with Crippen molar-refractivity contribution in [1.82, 2.24) is 15.1 Å². The lowest BCUT2D eigenvalue weighted by Gasteiger charge is -2.41. The second kappa shape index (κ2) is 5.77. The van der Waals surface area contributed by atoms with E-state index in [1.165, 1.54) is 19.4 Å². The third-order valence-corrected chi connectivity index (χ3v) is 4.36. The number of nitrogens with one attached hydrogen (secondary N) is 1. The molecule has 2 heterocycles. The Morgan fingerprint density at radius 3 is 2.79 bits per heavy atom. The highest BCUT2D eigenvalue weighted by Gasteiger charge is 2.37. The lowest BCUT2D eigenvalue weighted by Crippen LogP contribution is -2.63. The number of piperazine rings is 1. The molecule has 1 amide bonds. The Bertz CT molecular complexity index is 333. The zero-order valence-electron chi connectivity index (χ0n) is 12.5. The van der Waals surface area contributed by atoms with E-state index in [2.05, 4.69) is 29.0 Å². The number of fused-ring (bicyclic) bond motifs is 1. The zero-order valence-corrected chi connectivity index (χ0v) is 12.5. The highest BCUT2D eigenvalue weighted by molar-refractivity contribution is 5.84. The normalized spacial score (nSPS) is 28.3. The molecule has 0 aromatic carbocycles. The second-order valence-corrected chi connectivity index (χ2v) is 6.56. The first-order chi connectivity index (χ1) is 8.90. The molecular weight excluding hydrogens is 240 g/mol. The van der Waals surface area contributed by atoms with Gasteiger partial charge in [0.05, 0.1) is 0 Å². The van der Waals surface area contributed by atoms with Crippen molar-refractivity contribution in [2.24, 2.45) is 5.73 Å². The molecule has 2 rings (SSSR count). The standard InChI is InChI=1S/C14H28N4O/c1-11(2)16-14(3,13(15)19)10-17-7-8-18-6-4-5-12(18)9-17/h11-12,16H,4-10H2,1-3H3,(H2,15,19). The average Bonchev–Trinajstić information content (AvgIpc) is 2.74. The SMILES string of the molecule is CC(C)NC(C)(CN1CCN2CCCC2C1)C(N)=O. The summed E-state index contributed by atoms with van der Waals surface area (Å²) in [7, 11) is 0. The van der Waals surface area contributed by atoms with E-state index >= 15 is 0 Å². The number of primary amides is 1. The Balaban J connectivity index is 1.95. The highest BCUT2D eigenvalue weighted by Crippen LogP contribution is 2.22. The van der Waals surface area contributed by atoms with Gasteiger partial charge in [-0.3, -0.25) is 14.6 Å². The number of rotatable bonds is 5. The summed E-state index contributed by atoms with van der Waals surface area (Å²) in [5.74, 6) is -0.255. The Labute approximate surface area is 116 Å². The molecule has 110 valence electrons. The van der Waals surface area contributed by atoms with Crippen LogP contribution in [0.4, 0.5) is 0 Å². The van der Waals surface area contributed by atoms with Crippen molar-refractivity contribution in [2.45, 2.75) is 51.2 Å². The van der Waals surface area contributed by atoms with Crippen molar-refractivity contribution >= 4 is 5.91 Å². The van der Waals surface area contributed by atoms with Crippen molar-refractivity contribution in [3.8, 4) is 0 Å². The predicted molar refractivity (Wildman–Crippen MR) is 76.9 cm³/mol. The van der Waals surface area contributed by atoms with Gasteiger partial charge in [-0.1, -0.05) is 0 Å². The van der Waals surface area contributed by atoms with Crippen LogP contribution in [0.15, 0.2) is 0 Å². The topological polar surface area (TPSA) is 61.6 Å². The molecule has 2 fully saturated rings. The minimum atomic E-state index is -0.630. The Hall–Kier alpha value is -0.650. The summed E-state index contributed by atoms with van der Waals surface area (Å²) in [6.07, 6.45) is 2.61. The minimum absolute atomic E-state index is 0.255. The fourth-order valence-corrected chi connectivity index (χ4v) is 3.48. The van der Waals surface area contributed by atoms with E-state index < -0.39 is 5.54 Å². The van der Waals surface area contributed by atoms with E-state index in [1.807, 2.05) is 6.92 Å².